The van der Waals surface area contributed by atoms with Crippen LogP contribution in [0.4, 0.5) is 8.78 Å². The smallest absolute Gasteiger partial charge is 0.254 e. The van der Waals surface area contributed by atoms with Crippen LogP contribution in [0.3, 0.4) is 0 Å². The van der Waals surface area contributed by atoms with Crippen LogP contribution in [-0.4, -0.2) is 4.98 Å². The average Bonchev–Trinajstić information content (AvgIpc) is 2.03. The van der Waals surface area contributed by atoms with Gasteiger partial charge in [0, 0.05) is 10.7 Å². The number of nitriles is 1. The number of alkyl halides is 2. The van der Waals surface area contributed by atoms with Gasteiger partial charge in [0.05, 0.1) is 5.56 Å². The van der Waals surface area contributed by atoms with Crippen molar-refractivity contribution in [1.82, 2.24) is 4.98 Å². The highest BCUT2D eigenvalue weighted by atomic mass is 79.9. The Labute approximate surface area is 76.0 Å². The number of hydrogen-bond acceptors (Lipinski definition) is 2. The minimum atomic E-state index is -2.71. The number of halogens is 3. The summed E-state index contributed by atoms with van der Waals surface area (Å²) in [6.45, 7) is 0. The Bertz CT molecular complexity index is 333. The van der Waals surface area contributed by atoms with E-state index in [4.69, 9.17) is 5.26 Å². The van der Waals surface area contributed by atoms with Crippen molar-refractivity contribution in [2.24, 2.45) is 0 Å². The molecule has 0 aliphatic carbocycles. The van der Waals surface area contributed by atoms with Gasteiger partial charge in [-0.25, -0.2) is 8.78 Å². The fourth-order valence-electron chi connectivity index (χ4n) is 0.729. The maximum atomic E-state index is 12.2. The maximum absolute atomic E-state index is 12.2. The SMILES string of the molecule is N#Cc1c(Br)ccnc1C(F)F. The second kappa shape index (κ2) is 3.59. The molecule has 0 saturated carbocycles. The van der Waals surface area contributed by atoms with Gasteiger partial charge in [0.25, 0.3) is 6.43 Å². The Hall–Kier alpha value is -1.02. The zero-order valence-corrected chi connectivity index (χ0v) is 7.35. The Morgan fingerprint density at radius 3 is 2.67 bits per heavy atom. The first kappa shape index (κ1) is 9.07. The Balaban J connectivity index is 3.30. The van der Waals surface area contributed by atoms with Crippen LogP contribution in [0.25, 0.3) is 0 Å². The quantitative estimate of drug-likeness (QED) is 0.747. The highest BCUT2D eigenvalue weighted by molar-refractivity contribution is 9.10. The van der Waals surface area contributed by atoms with Gasteiger partial charge >= 0.3 is 0 Å². The third-order valence-electron chi connectivity index (χ3n) is 1.25. The fourth-order valence-corrected chi connectivity index (χ4v) is 1.14. The van der Waals surface area contributed by atoms with Crippen LogP contribution in [0.1, 0.15) is 17.7 Å². The molecule has 0 spiro atoms. The largest absolute Gasteiger partial charge is 0.281 e. The van der Waals surface area contributed by atoms with E-state index in [2.05, 4.69) is 20.9 Å². The van der Waals surface area contributed by atoms with Gasteiger partial charge < -0.3 is 0 Å². The Kier molecular flexibility index (Phi) is 2.71. The molecule has 1 heterocycles. The molecule has 62 valence electrons. The van der Waals surface area contributed by atoms with E-state index in [1.165, 1.54) is 12.3 Å². The van der Waals surface area contributed by atoms with E-state index in [0.717, 1.165) is 0 Å². The lowest BCUT2D eigenvalue weighted by molar-refractivity contribution is 0.145. The van der Waals surface area contributed by atoms with Crippen molar-refractivity contribution in [2.45, 2.75) is 6.43 Å². The van der Waals surface area contributed by atoms with E-state index in [1.54, 1.807) is 6.07 Å². The van der Waals surface area contributed by atoms with Crippen molar-refractivity contribution in [1.29, 1.82) is 5.26 Å². The molecule has 1 aromatic rings. The third kappa shape index (κ3) is 1.59. The summed E-state index contributed by atoms with van der Waals surface area (Å²) in [5, 5.41) is 8.49. The lowest BCUT2D eigenvalue weighted by Gasteiger charge is -2.01. The number of aromatic nitrogens is 1. The number of hydrogen-bond donors (Lipinski definition) is 0. The van der Waals surface area contributed by atoms with Crippen LogP contribution in [0.5, 0.6) is 0 Å². The maximum Gasteiger partial charge on any atom is 0.281 e. The van der Waals surface area contributed by atoms with Gasteiger partial charge in [-0.3, -0.25) is 4.98 Å². The van der Waals surface area contributed by atoms with Crippen LogP contribution in [0.15, 0.2) is 16.7 Å². The van der Waals surface area contributed by atoms with Crippen molar-refractivity contribution in [3.8, 4) is 6.07 Å². The molecule has 0 N–H and O–H groups in total. The number of rotatable bonds is 1. The highest BCUT2D eigenvalue weighted by Crippen LogP contribution is 2.25. The monoisotopic (exact) mass is 232 g/mol. The zero-order chi connectivity index (χ0) is 9.14. The molecule has 2 nitrogen and oxygen atoms in total. The molecule has 0 unspecified atom stereocenters. The van der Waals surface area contributed by atoms with Crippen LogP contribution in [-0.2, 0) is 0 Å². The predicted molar refractivity (Wildman–Crippen MR) is 41.6 cm³/mol. The van der Waals surface area contributed by atoms with Gasteiger partial charge in [-0.1, -0.05) is 0 Å². The van der Waals surface area contributed by atoms with Gasteiger partial charge in [-0.15, -0.1) is 0 Å². The molecule has 0 aromatic carbocycles. The fraction of sp³-hybridized carbons (Fsp3) is 0.143. The molecular formula is C7H3BrF2N2. The van der Waals surface area contributed by atoms with Gasteiger partial charge in [0.2, 0.25) is 0 Å². The molecule has 0 atom stereocenters. The summed E-state index contributed by atoms with van der Waals surface area (Å²) >= 11 is 2.98. The van der Waals surface area contributed by atoms with Gasteiger partial charge in [-0.05, 0) is 22.0 Å². The molecule has 0 radical (unpaired) electrons. The molecule has 5 heteroatoms. The molecule has 0 aliphatic rings. The van der Waals surface area contributed by atoms with Crippen LogP contribution >= 0.6 is 15.9 Å². The van der Waals surface area contributed by atoms with Crippen molar-refractivity contribution >= 4 is 15.9 Å². The minimum absolute atomic E-state index is 0.104. The Morgan fingerprint density at radius 1 is 1.58 bits per heavy atom. The summed E-state index contributed by atoms with van der Waals surface area (Å²) in [5.74, 6) is 0. The summed E-state index contributed by atoms with van der Waals surface area (Å²) in [7, 11) is 0. The van der Waals surface area contributed by atoms with Crippen molar-refractivity contribution in [3.63, 3.8) is 0 Å². The normalized spacial score (nSPS) is 9.92. The molecule has 0 bridgehead atoms. The summed E-state index contributed by atoms with van der Waals surface area (Å²) in [5.41, 5.74) is -0.584. The first-order chi connectivity index (χ1) is 5.66. The topological polar surface area (TPSA) is 36.7 Å². The zero-order valence-electron chi connectivity index (χ0n) is 5.76. The van der Waals surface area contributed by atoms with Crippen molar-refractivity contribution in [3.05, 3.63) is 28.0 Å². The van der Waals surface area contributed by atoms with E-state index in [-0.39, 0.29) is 5.56 Å². The molecule has 0 aliphatic heterocycles. The standard InChI is InChI=1S/C7H3BrF2N2/c8-5-1-2-12-6(7(9)10)4(5)3-11/h1-2,7H. The third-order valence-corrected chi connectivity index (χ3v) is 1.91. The molecule has 0 amide bonds. The molecule has 1 aromatic heterocycles. The van der Waals surface area contributed by atoms with Crippen molar-refractivity contribution in [2.75, 3.05) is 0 Å². The van der Waals surface area contributed by atoms with E-state index < -0.39 is 12.1 Å². The predicted octanol–water partition coefficient (Wildman–Crippen LogP) is 2.65. The summed E-state index contributed by atoms with van der Waals surface area (Å²) in [6, 6.07) is 3.10. The first-order valence-electron chi connectivity index (χ1n) is 2.99. The minimum Gasteiger partial charge on any atom is -0.254 e. The van der Waals surface area contributed by atoms with Gasteiger partial charge in [0.1, 0.15) is 11.8 Å². The second-order valence-electron chi connectivity index (χ2n) is 1.97. The molecular weight excluding hydrogens is 230 g/mol. The van der Waals surface area contributed by atoms with Crippen LogP contribution in [0, 0.1) is 11.3 Å². The molecule has 1 rings (SSSR count). The van der Waals surface area contributed by atoms with Crippen LogP contribution in [0.2, 0.25) is 0 Å². The summed E-state index contributed by atoms with van der Waals surface area (Å²) < 4.78 is 24.7. The summed E-state index contributed by atoms with van der Waals surface area (Å²) in [4.78, 5) is 3.41. The van der Waals surface area contributed by atoms with Gasteiger partial charge in [0.15, 0.2) is 0 Å². The van der Waals surface area contributed by atoms with E-state index in [0.29, 0.717) is 4.47 Å². The Morgan fingerprint density at radius 2 is 2.25 bits per heavy atom. The first-order valence-corrected chi connectivity index (χ1v) is 3.78. The summed E-state index contributed by atoms with van der Waals surface area (Å²) in [6.07, 6.45) is -1.48. The number of nitrogens with zero attached hydrogens (tertiary/aromatic N) is 2. The van der Waals surface area contributed by atoms with E-state index >= 15 is 0 Å². The van der Waals surface area contributed by atoms with Crippen LogP contribution < -0.4 is 0 Å². The lowest BCUT2D eigenvalue weighted by Crippen LogP contribution is -1.95. The van der Waals surface area contributed by atoms with Gasteiger partial charge in [-0.2, -0.15) is 5.26 Å². The lowest BCUT2D eigenvalue weighted by atomic mass is 10.2. The average molecular weight is 233 g/mol. The highest BCUT2D eigenvalue weighted by Gasteiger charge is 2.16. The van der Waals surface area contributed by atoms with Crippen molar-refractivity contribution < 1.29 is 8.78 Å². The molecule has 0 fully saturated rings. The number of pyridine rings is 1. The molecule has 12 heavy (non-hydrogen) atoms. The van der Waals surface area contributed by atoms with E-state index in [1.807, 2.05) is 0 Å². The van der Waals surface area contributed by atoms with E-state index in [9.17, 15) is 8.78 Å². The second-order valence-corrected chi connectivity index (χ2v) is 2.82. The molecule has 0 saturated heterocycles.